The van der Waals surface area contributed by atoms with Crippen molar-refractivity contribution in [2.45, 2.75) is 10.9 Å². The van der Waals surface area contributed by atoms with Crippen LogP contribution in [-0.2, 0) is 5.75 Å². The average molecular weight is 294 g/mol. The van der Waals surface area contributed by atoms with Crippen LogP contribution < -0.4 is 0 Å². The first kappa shape index (κ1) is 13.6. The van der Waals surface area contributed by atoms with Crippen molar-refractivity contribution in [2.75, 3.05) is 0 Å². The van der Waals surface area contributed by atoms with E-state index in [4.69, 9.17) is 0 Å². The third kappa shape index (κ3) is 4.03. The highest BCUT2D eigenvalue weighted by atomic mass is 32.2. The van der Waals surface area contributed by atoms with Gasteiger partial charge in [-0.1, -0.05) is 54.2 Å². The first-order valence-corrected chi connectivity index (χ1v) is 7.56. The second-order valence-corrected chi connectivity index (χ2v) is 5.34. The number of aromatic nitrogens is 4. The highest BCUT2D eigenvalue weighted by Gasteiger charge is 2.02. The van der Waals surface area contributed by atoms with Gasteiger partial charge >= 0.3 is 0 Å². The predicted molar refractivity (Wildman–Crippen MR) is 85.6 cm³/mol. The maximum atomic E-state index is 4.43. The Balaban J connectivity index is 1.60. The fourth-order valence-electron chi connectivity index (χ4n) is 1.77. The summed E-state index contributed by atoms with van der Waals surface area (Å²) >= 11 is 1.59. The molecule has 0 bridgehead atoms. The predicted octanol–water partition coefficient (Wildman–Crippen LogP) is 3.66. The molecule has 0 aliphatic carbocycles. The standard InChI is InChI=1S/C16H14N4S/c1-2-5-13(6-3-1)8-9-15-18-16(20-19-15)21-12-14-7-4-10-17-11-14/h1-11H,12H2,(H,18,19,20)/b9-8+. The molecule has 21 heavy (non-hydrogen) atoms. The van der Waals surface area contributed by atoms with Crippen molar-refractivity contribution in [3.8, 4) is 0 Å². The minimum Gasteiger partial charge on any atom is -0.264 e. The molecule has 0 saturated heterocycles. The second-order valence-electron chi connectivity index (χ2n) is 4.40. The lowest BCUT2D eigenvalue weighted by molar-refractivity contribution is 0.972. The van der Waals surface area contributed by atoms with E-state index in [0.29, 0.717) is 0 Å². The van der Waals surface area contributed by atoms with Gasteiger partial charge in [-0.05, 0) is 23.3 Å². The van der Waals surface area contributed by atoms with E-state index in [1.54, 1.807) is 18.0 Å². The maximum Gasteiger partial charge on any atom is 0.209 e. The third-order valence-corrected chi connectivity index (χ3v) is 3.72. The number of hydrogen-bond donors (Lipinski definition) is 1. The molecule has 0 radical (unpaired) electrons. The molecule has 5 heteroatoms. The van der Waals surface area contributed by atoms with Gasteiger partial charge in [0.15, 0.2) is 0 Å². The van der Waals surface area contributed by atoms with Crippen molar-refractivity contribution in [3.05, 3.63) is 71.8 Å². The summed E-state index contributed by atoms with van der Waals surface area (Å²) in [4.78, 5) is 8.52. The van der Waals surface area contributed by atoms with Crippen molar-refractivity contribution < 1.29 is 0 Å². The number of aromatic amines is 1. The monoisotopic (exact) mass is 294 g/mol. The number of H-pyrrole nitrogens is 1. The Kier molecular flexibility index (Phi) is 4.43. The van der Waals surface area contributed by atoms with E-state index in [-0.39, 0.29) is 0 Å². The molecule has 1 N–H and O–H groups in total. The molecule has 0 aliphatic rings. The molecule has 3 aromatic rings. The Bertz CT molecular complexity index is 707. The molecule has 4 nitrogen and oxygen atoms in total. The van der Waals surface area contributed by atoms with E-state index in [2.05, 4.69) is 20.2 Å². The Labute approximate surface area is 127 Å². The molecule has 2 heterocycles. The van der Waals surface area contributed by atoms with Gasteiger partial charge in [-0.15, -0.1) is 5.10 Å². The number of rotatable bonds is 5. The van der Waals surface area contributed by atoms with Crippen LogP contribution in [0.2, 0.25) is 0 Å². The first-order valence-electron chi connectivity index (χ1n) is 6.57. The number of nitrogens with one attached hydrogen (secondary N) is 1. The fraction of sp³-hybridized carbons (Fsp3) is 0.0625. The van der Waals surface area contributed by atoms with E-state index in [9.17, 15) is 0 Å². The smallest absolute Gasteiger partial charge is 0.209 e. The summed E-state index contributed by atoms with van der Waals surface area (Å²) < 4.78 is 0. The molecule has 1 aromatic carbocycles. The van der Waals surface area contributed by atoms with Crippen molar-refractivity contribution in [3.63, 3.8) is 0 Å². The summed E-state index contributed by atoms with van der Waals surface area (Å²) in [5.74, 6) is 1.57. The van der Waals surface area contributed by atoms with E-state index in [1.165, 1.54) is 0 Å². The second kappa shape index (κ2) is 6.85. The molecule has 0 amide bonds. The molecule has 0 spiro atoms. The molecule has 0 atom stereocenters. The van der Waals surface area contributed by atoms with Crippen LogP contribution in [0.1, 0.15) is 17.0 Å². The van der Waals surface area contributed by atoms with Crippen molar-refractivity contribution in [1.29, 1.82) is 0 Å². The van der Waals surface area contributed by atoms with Gasteiger partial charge in [0.1, 0.15) is 5.82 Å². The quantitative estimate of drug-likeness (QED) is 0.730. The van der Waals surface area contributed by atoms with Gasteiger partial charge in [-0.3, -0.25) is 10.1 Å². The summed E-state index contributed by atoms with van der Waals surface area (Å²) in [6.07, 6.45) is 7.57. The van der Waals surface area contributed by atoms with E-state index in [0.717, 1.165) is 27.9 Å². The van der Waals surface area contributed by atoms with E-state index < -0.39 is 0 Å². The lowest BCUT2D eigenvalue weighted by Gasteiger charge is -1.95. The van der Waals surface area contributed by atoms with Crippen LogP contribution in [0.5, 0.6) is 0 Å². The Morgan fingerprint density at radius 2 is 1.95 bits per heavy atom. The highest BCUT2D eigenvalue weighted by molar-refractivity contribution is 7.98. The van der Waals surface area contributed by atoms with Gasteiger partial charge in [-0.25, -0.2) is 4.98 Å². The summed E-state index contributed by atoms with van der Waals surface area (Å²) in [6.45, 7) is 0. The Morgan fingerprint density at radius 3 is 2.76 bits per heavy atom. The normalized spacial score (nSPS) is 11.0. The van der Waals surface area contributed by atoms with Crippen LogP contribution in [0.3, 0.4) is 0 Å². The SMILES string of the molecule is C(=C\c1nc(SCc2cccnc2)n[nH]1)/c1ccccc1. The highest BCUT2D eigenvalue weighted by Crippen LogP contribution is 2.18. The number of thioether (sulfide) groups is 1. The summed E-state index contributed by atoms with van der Waals surface area (Å²) in [6, 6.07) is 14.1. The zero-order chi connectivity index (χ0) is 14.3. The van der Waals surface area contributed by atoms with Gasteiger partial charge < -0.3 is 0 Å². The molecule has 104 valence electrons. The largest absolute Gasteiger partial charge is 0.264 e. The summed E-state index contributed by atoms with van der Waals surface area (Å²) in [5, 5.41) is 7.87. The number of hydrogen-bond acceptors (Lipinski definition) is 4. The van der Waals surface area contributed by atoms with Crippen LogP contribution in [0.25, 0.3) is 12.2 Å². The van der Waals surface area contributed by atoms with Gasteiger partial charge in [0.2, 0.25) is 5.16 Å². The van der Waals surface area contributed by atoms with E-state index >= 15 is 0 Å². The van der Waals surface area contributed by atoms with Crippen molar-refractivity contribution >= 4 is 23.9 Å². The first-order chi connectivity index (χ1) is 10.4. The lowest BCUT2D eigenvalue weighted by atomic mass is 10.2. The zero-order valence-electron chi connectivity index (χ0n) is 11.3. The molecule has 0 unspecified atom stereocenters. The minimum atomic E-state index is 0.742. The van der Waals surface area contributed by atoms with E-state index in [1.807, 2.05) is 60.8 Å². The third-order valence-electron chi connectivity index (χ3n) is 2.81. The fourth-order valence-corrected chi connectivity index (χ4v) is 2.51. The van der Waals surface area contributed by atoms with Crippen LogP contribution >= 0.6 is 11.8 Å². The molecule has 3 rings (SSSR count). The summed E-state index contributed by atoms with van der Waals surface area (Å²) in [5.41, 5.74) is 2.30. The lowest BCUT2D eigenvalue weighted by Crippen LogP contribution is -1.82. The van der Waals surface area contributed by atoms with Crippen LogP contribution in [0.15, 0.2) is 60.0 Å². The van der Waals surface area contributed by atoms with Crippen molar-refractivity contribution in [2.24, 2.45) is 0 Å². The topological polar surface area (TPSA) is 54.5 Å². The van der Waals surface area contributed by atoms with Gasteiger partial charge in [0.25, 0.3) is 0 Å². The zero-order valence-corrected chi connectivity index (χ0v) is 12.1. The molecule has 0 aliphatic heterocycles. The Hall–Kier alpha value is -2.40. The van der Waals surface area contributed by atoms with Crippen LogP contribution in [0, 0.1) is 0 Å². The molecule has 2 aromatic heterocycles. The minimum absolute atomic E-state index is 0.742. The Morgan fingerprint density at radius 1 is 1.05 bits per heavy atom. The van der Waals surface area contributed by atoms with Crippen molar-refractivity contribution in [1.82, 2.24) is 20.2 Å². The van der Waals surface area contributed by atoms with Gasteiger partial charge in [-0.2, -0.15) is 0 Å². The van der Waals surface area contributed by atoms with Gasteiger partial charge in [0.05, 0.1) is 0 Å². The molecular weight excluding hydrogens is 280 g/mol. The summed E-state index contributed by atoms with van der Waals surface area (Å²) in [7, 11) is 0. The number of pyridine rings is 1. The van der Waals surface area contributed by atoms with Crippen LogP contribution in [-0.4, -0.2) is 20.2 Å². The molecule has 0 saturated carbocycles. The van der Waals surface area contributed by atoms with Gasteiger partial charge in [0, 0.05) is 18.1 Å². The van der Waals surface area contributed by atoms with Crippen LogP contribution in [0.4, 0.5) is 0 Å². The molecule has 0 fully saturated rings. The molecular formula is C16H14N4S. The maximum absolute atomic E-state index is 4.43. The number of nitrogens with zero attached hydrogens (tertiary/aromatic N) is 3. The average Bonchev–Trinajstić information content (AvgIpc) is 3.01. The number of benzene rings is 1.